The molecule has 27 heavy (non-hydrogen) atoms. The predicted octanol–water partition coefficient (Wildman–Crippen LogP) is 4.38. The van der Waals surface area contributed by atoms with Crippen LogP contribution in [0.1, 0.15) is 22.4 Å². The second-order valence-electron chi connectivity index (χ2n) is 5.51. The topological polar surface area (TPSA) is 79.5 Å². The van der Waals surface area contributed by atoms with Crippen LogP contribution in [-0.2, 0) is 11.0 Å². The third kappa shape index (κ3) is 4.26. The van der Waals surface area contributed by atoms with Crippen LogP contribution in [0.4, 0.5) is 13.2 Å². The summed E-state index contributed by atoms with van der Waals surface area (Å²) in [5, 5.41) is 11.9. The number of thiazole rings is 1. The van der Waals surface area contributed by atoms with Crippen LogP contribution in [0.2, 0.25) is 0 Å². The molecule has 138 valence electrons. The largest absolute Gasteiger partial charge is 0.451 e. The molecule has 0 aliphatic heterocycles. The number of Topliss-reactive ketones (excluding diaryl/α,β-unsaturated/α-hetero) is 1. The van der Waals surface area contributed by atoms with E-state index in [1.807, 2.05) is 6.07 Å². The number of alkyl halides is 3. The van der Waals surface area contributed by atoms with E-state index in [2.05, 4.69) is 15.0 Å². The number of thioether (sulfide) groups is 1. The Balaban J connectivity index is 1.88. The third-order valence-electron chi connectivity index (χ3n) is 3.51. The second kappa shape index (κ2) is 7.62. The summed E-state index contributed by atoms with van der Waals surface area (Å²) < 4.78 is 39.1. The van der Waals surface area contributed by atoms with Gasteiger partial charge in [-0.15, -0.1) is 11.3 Å². The van der Waals surface area contributed by atoms with E-state index in [-0.39, 0.29) is 16.3 Å². The smallest absolute Gasteiger partial charge is 0.297 e. The molecule has 2 heterocycles. The summed E-state index contributed by atoms with van der Waals surface area (Å²) in [5.74, 6) is -2.95. The highest BCUT2D eigenvalue weighted by Gasteiger charge is 2.35. The maximum absolute atomic E-state index is 13.0. The fourth-order valence-corrected chi connectivity index (χ4v) is 4.06. The SMILES string of the molecule is Cc1csc([C@@H](C#N)C(=O)CSc2nc(C(F)(F)F)nc3ccccc23)n1. The van der Waals surface area contributed by atoms with Crippen molar-refractivity contribution in [3.8, 4) is 6.07 Å². The highest BCUT2D eigenvalue weighted by Crippen LogP contribution is 2.33. The minimum absolute atomic E-state index is 0.0493. The first kappa shape index (κ1) is 19.3. The number of ketones is 1. The van der Waals surface area contributed by atoms with Crippen molar-refractivity contribution in [1.82, 2.24) is 15.0 Å². The van der Waals surface area contributed by atoms with Gasteiger partial charge in [0.05, 0.1) is 17.3 Å². The van der Waals surface area contributed by atoms with Gasteiger partial charge in [0, 0.05) is 16.5 Å². The molecule has 0 N–H and O–H groups in total. The normalized spacial score (nSPS) is 12.7. The first-order valence-electron chi connectivity index (χ1n) is 7.60. The van der Waals surface area contributed by atoms with Crippen molar-refractivity contribution in [2.45, 2.75) is 24.0 Å². The minimum Gasteiger partial charge on any atom is -0.297 e. The van der Waals surface area contributed by atoms with E-state index < -0.39 is 23.7 Å². The number of carbonyl (C=O) groups is 1. The second-order valence-corrected chi connectivity index (χ2v) is 7.37. The van der Waals surface area contributed by atoms with Crippen molar-refractivity contribution < 1.29 is 18.0 Å². The van der Waals surface area contributed by atoms with Gasteiger partial charge in [0.1, 0.15) is 10.0 Å². The van der Waals surface area contributed by atoms with Crippen molar-refractivity contribution in [1.29, 1.82) is 5.26 Å². The van der Waals surface area contributed by atoms with Gasteiger partial charge in [-0.05, 0) is 13.0 Å². The number of hydrogen-bond acceptors (Lipinski definition) is 7. The molecule has 5 nitrogen and oxygen atoms in total. The first-order chi connectivity index (χ1) is 12.8. The van der Waals surface area contributed by atoms with Crippen molar-refractivity contribution in [3.63, 3.8) is 0 Å². The number of benzene rings is 1. The van der Waals surface area contributed by atoms with E-state index in [0.717, 1.165) is 11.8 Å². The van der Waals surface area contributed by atoms with Crippen molar-refractivity contribution in [2.24, 2.45) is 0 Å². The van der Waals surface area contributed by atoms with Crippen LogP contribution < -0.4 is 0 Å². The lowest BCUT2D eigenvalue weighted by Gasteiger charge is -2.10. The maximum Gasteiger partial charge on any atom is 0.451 e. The molecule has 0 unspecified atom stereocenters. The number of para-hydroxylation sites is 1. The number of carbonyl (C=O) groups excluding carboxylic acids is 1. The monoisotopic (exact) mass is 408 g/mol. The van der Waals surface area contributed by atoms with Crippen LogP contribution in [-0.4, -0.2) is 26.5 Å². The highest BCUT2D eigenvalue weighted by atomic mass is 32.2. The van der Waals surface area contributed by atoms with Crippen LogP contribution in [0.5, 0.6) is 0 Å². The van der Waals surface area contributed by atoms with E-state index >= 15 is 0 Å². The molecule has 3 aromatic rings. The molecule has 0 bridgehead atoms. The molecule has 10 heteroatoms. The van der Waals surface area contributed by atoms with Gasteiger partial charge in [0.25, 0.3) is 0 Å². The Morgan fingerprint density at radius 3 is 2.67 bits per heavy atom. The fraction of sp³-hybridized carbons (Fsp3) is 0.235. The molecule has 2 aromatic heterocycles. The average Bonchev–Trinajstić information content (AvgIpc) is 3.05. The number of rotatable bonds is 5. The molecule has 0 fully saturated rings. The zero-order chi connectivity index (χ0) is 19.6. The van der Waals surface area contributed by atoms with Crippen LogP contribution in [0.15, 0.2) is 34.7 Å². The van der Waals surface area contributed by atoms with Crippen LogP contribution >= 0.6 is 23.1 Å². The van der Waals surface area contributed by atoms with E-state index in [0.29, 0.717) is 16.1 Å². The van der Waals surface area contributed by atoms with E-state index in [9.17, 15) is 23.2 Å². The lowest BCUT2D eigenvalue weighted by Crippen LogP contribution is -2.14. The summed E-state index contributed by atoms with van der Waals surface area (Å²) in [7, 11) is 0. The summed E-state index contributed by atoms with van der Waals surface area (Å²) in [6, 6.07) is 8.19. The number of nitrogens with zero attached hydrogens (tertiary/aromatic N) is 4. The standard InChI is InChI=1S/C17H11F3N4OS2/c1-9-7-26-15(22-9)11(6-21)13(25)8-27-14-10-4-2-3-5-12(10)23-16(24-14)17(18,19)20/h2-5,7,11H,8H2,1H3/t11-/m0/s1. The summed E-state index contributed by atoms with van der Waals surface area (Å²) in [6.07, 6.45) is -4.70. The highest BCUT2D eigenvalue weighted by molar-refractivity contribution is 8.00. The quantitative estimate of drug-likeness (QED) is 0.460. The van der Waals surface area contributed by atoms with E-state index in [1.54, 1.807) is 30.5 Å². The number of fused-ring (bicyclic) bond motifs is 1. The van der Waals surface area contributed by atoms with Gasteiger partial charge in [-0.1, -0.05) is 30.0 Å². The van der Waals surface area contributed by atoms with Gasteiger partial charge in [-0.2, -0.15) is 18.4 Å². The van der Waals surface area contributed by atoms with Gasteiger partial charge in [0.15, 0.2) is 11.7 Å². The Morgan fingerprint density at radius 2 is 2.04 bits per heavy atom. The molecule has 0 aliphatic carbocycles. The minimum atomic E-state index is -4.70. The third-order valence-corrected chi connectivity index (χ3v) is 5.55. The first-order valence-corrected chi connectivity index (χ1v) is 9.47. The van der Waals surface area contributed by atoms with Crippen LogP contribution in [0.3, 0.4) is 0 Å². The number of aromatic nitrogens is 3. The Bertz CT molecular complexity index is 1040. The molecule has 0 amide bonds. The molecule has 0 saturated carbocycles. The molecule has 0 radical (unpaired) electrons. The molecular weight excluding hydrogens is 397 g/mol. The lowest BCUT2D eigenvalue weighted by atomic mass is 10.1. The van der Waals surface area contributed by atoms with E-state index in [4.69, 9.17) is 0 Å². The molecule has 0 saturated heterocycles. The van der Waals surface area contributed by atoms with Crippen molar-refractivity contribution in [3.05, 3.63) is 46.2 Å². The van der Waals surface area contributed by atoms with Gasteiger partial charge >= 0.3 is 6.18 Å². The Hall–Kier alpha value is -2.51. The summed E-state index contributed by atoms with van der Waals surface area (Å²) in [4.78, 5) is 23.7. The maximum atomic E-state index is 13.0. The van der Waals surface area contributed by atoms with Gasteiger partial charge in [0.2, 0.25) is 5.82 Å². The molecule has 0 spiro atoms. The number of aryl methyl sites for hydroxylation is 1. The van der Waals surface area contributed by atoms with Crippen molar-refractivity contribution in [2.75, 3.05) is 5.75 Å². The summed E-state index contributed by atoms with van der Waals surface area (Å²) in [6.45, 7) is 1.75. The molecule has 0 aliphatic rings. The lowest BCUT2D eigenvalue weighted by molar-refractivity contribution is -0.145. The van der Waals surface area contributed by atoms with Crippen LogP contribution in [0.25, 0.3) is 10.9 Å². The summed E-state index contributed by atoms with van der Waals surface area (Å²) in [5.41, 5.74) is 0.842. The molecule has 1 aromatic carbocycles. The van der Waals surface area contributed by atoms with Gasteiger partial charge in [-0.3, -0.25) is 4.79 Å². The molecular formula is C17H11F3N4OS2. The Labute approximate surface area is 160 Å². The van der Waals surface area contributed by atoms with Gasteiger partial charge < -0.3 is 0 Å². The van der Waals surface area contributed by atoms with Gasteiger partial charge in [-0.25, -0.2) is 15.0 Å². The summed E-state index contributed by atoms with van der Waals surface area (Å²) >= 11 is 2.06. The fourth-order valence-electron chi connectivity index (χ4n) is 2.28. The number of halogens is 3. The Kier molecular flexibility index (Phi) is 5.43. The average molecular weight is 408 g/mol. The zero-order valence-corrected chi connectivity index (χ0v) is 15.5. The number of nitriles is 1. The van der Waals surface area contributed by atoms with Crippen molar-refractivity contribution >= 4 is 39.8 Å². The predicted molar refractivity (Wildman–Crippen MR) is 95.5 cm³/mol. The molecule has 1 atom stereocenters. The molecule has 3 rings (SSSR count). The Morgan fingerprint density at radius 1 is 1.30 bits per heavy atom. The van der Waals surface area contributed by atoms with Crippen LogP contribution in [0, 0.1) is 18.3 Å². The zero-order valence-electron chi connectivity index (χ0n) is 13.8. The number of hydrogen-bond donors (Lipinski definition) is 0. The van der Waals surface area contributed by atoms with E-state index in [1.165, 1.54) is 17.4 Å².